The molecule has 4 aromatic rings. The van der Waals surface area contributed by atoms with Crippen molar-refractivity contribution in [2.45, 2.75) is 93.4 Å². The number of ether oxygens (including phenoxy) is 1. The van der Waals surface area contributed by atoms with Gasteiger partial charge in [-0.25, -0.2) is 39.7 Å². The van der Waals surface area contributed by atoms with Crippen LogP contribution in [0.25, 0.3) is 11.2 Å². The largest absolute Gasteiger partial charge is 0.481 e. The molecule has 2 saturated heterocycles. The van der Waals surface area contributed by atoms with Gasteiger partial charge in [0, 0.05) is 12.0 Å². The summed E-state index contributed by atoms with van der Waals surface area (Å²) in [6, 6.07) is 7.16. The number of hydrazine groups is 1. The number of nitrogens with two attached hydrogens (primary N) is 1. The maximum atomic E-state index is 14.2. The number of carbonyl (C=O) groups excluding carboxylic acids is 4. The van der Waals surface area contributed by atoms with Crippen LogP contribution >= 0.6 is 27.4 Å². The van der Waals surface area contributed by atoms with Gasteiger partial charge in [0.1, 0.15) is 59.8 Å². The number of phosphoric acid groups is 2. The van der Waals surface area contributed by atoms with Crippen molar-refractivity contribution in [3.8, 4) is 0 Å². The first kappa shape index (κ1) is 52.9. The van der Waals surface area contributed by atoms with Gasteiger partial charge in [-0.1, -0.05) is 12.1 Å². The number of fused-ring (bicyclic) bond motifs is 3. The molecule has 0 bridgehead atoms. The number of nitrogen functional groups attached to an aromatic ring is 1. The van der Waals surface area contributed by atoms with E-state index in [-0.39, 0.29) is 63.8 Å². The van der Waals surface area contributed by atoms with Crippen LogP contribution in [0.4, 0.5) is 22.0 Å². The Bertz CT molecular complexity index is 2880. The lowest BCUT2D eigenvalue weighted by molar-refractivity contribution is -0.124. The number of aliphatic hydroxyl groups is 5. The summed E-state index contributed by atoms with van der Waals surface area (Å²) in [6.07, 6.45) is -10.4. The maximum absolute atomic E-state index is 14.2. The summed E-state index contributed by atoms with van der Waals surface area (Å²) in [5.74, 6) is -2.12. The first-order valence-corrected chi connectivity index (χ1v) is 25.8. The van der Waals surface area contributed by atoms with Gasteiger partial charge in [-0.3, -0.25) is 38.2 Å². The summed E-state index contributed by atoms with van der Waals surface area (Å²) in [6.45, 7) is 2.43. The third-order valence-corrected chi connectivity index (χ3v) is 15.6. The fourth-order valence-corrected chi connectivity index (χ4v) is 11.1. The number of amides is 5. The van der Waals surface area contributed by atoms with Crippen LogP contribution in [-0.2, 0) is 43.2 Å². The van der Waals surface area contributed by atoms with Crippen LogP contribution < -0.4 is 37.0 Å². The molecule has 0 aliphatic carbocycles. The molecule has 72 heavy (non-hydrogen) atoms. The third-order valence-electron chi connectivity index (χ3n) is 11.9. The third kappa shape index (κ3) is 11.4. The molecule has 0 spiro atoms. The van der Waals surface area contributed by atoms with E-state index in [1.165, 1.54) is 32.5 Å². The van der Waals surface area contributed by atoms with E-state index in [0.717, 1.165) is 6.33 Å². The van der Waals surface area contributed by atoms with E-state index in [1.54, 1.807) is 50.2 Å². The second kappa shape index (κ2) is 21.2. The molecule has 12 atom stereocenters. The van der Waals surface area contributed by atoms with Gasteiger partial charge >= 0.3 is 21.7 Å². The Morgan fingerprint density at radius 1 is 0.958 bits per heavy atom. The summed E-state index contributed by atoms with van der Waals surface area (Å²) in [5.41, 5.74) is 14.5. The number of rotatable bonds is 18. The summed E-state index contributed by atoms with van der Waals surface area (Å²) in [4.78, 5) is 92.2. The topological polar surface area (TPSA) is 418 Å². The Hall–Kier alpha value is -5.37. The Labute approximate surface area is 411 Å². The molecule has 0 radical (unpaired) electrons. The number of amidine groups is 1. The van der Waals surface area contributed by atoms with Crippen LogP contribution in [0.5, 0.6) is 0 Å². The number of β-amino-alcohol motifs (C(OH)–C–C–N with tert-alkyl or cyclic N) is 1. The molecular weight excluding hydrogens is 1010 g/mol. The molecule has 388 valence electrons. The van der Waals surface area contributed by atoms with Crippen LogP contribution in [0.3, 0.4) is 0 Å². The molecule has 2 aromatic carbocycles. The van der Waals surface area contributed by atoms with Crippen LogP contribution in [0.2, 0.25) is 0 Å². The fraction of sp³-hybridized carbons (Fsp3) is 0.450. The lowest BCUT2D eigenvalue weighted by Crippen LogP contribution is -2.65. The Balaban J connectivity index is 0.893. The average molecular weight is 1060 g/mol. The fourth-order valence-electron chi connectivity index (χ4n) is 8.10. The minimum absolute atomic E-state index is 0.0140. The number of nitrogens with zero attached hydrogens (tertiary/aromatic N) is 7. The number of aromatic nitrogens is 4. The summed E-state index contributed by atoms with van der Waals surface area (Å²) >= 11 is 1.49. The van der Waals surface area contributed by atoms with E-state index in [0.29, 0.717) is 22.3 Å². The highest BCUT2D eigenvalue weighted by Gasteiger charge is 2.49. The lowest BCUT2D eigenvalue weighted by Gasteiger charge is -2.45. The number of imidazole rings is 1. The molecule has 4 unspecified atom stereocenters. The van der Waals surface area contributed by atoms with Crippen molar-refractivity contribution in [3.63, 3.8) is 0 Å². The highest BCUT2D eigenvalue weighted by atomic mass is 32.2. The van der Waals surface area contributed by atoms with Crippen LogP contribution in [0.15, 0.2) is 54.0 Å². The molecule has 4 aliphatic rings. The smallest absolute Gasteiger partial charge is 0.388 e. The number of anilines is 3. The molecular formula is C40H50N12O17P2S. The number of imide groups is 1. The van der Waals surface area contributed by atoms with Crippen molar-refractivity contribution in [2.75, 3.05) is 35.3 Å². The zero-order valence-corrected chi connectivity index (χ0v) is 40.8. The number of aliphatic hydroxyl groups excluding tert-OH is 5. The predicted molar refractivity (Wildman–Crippen MR) is 251 cm³/mol. The number of hydrogen-bond donors (Lipinski definition) is 12. The van der Waals surface area contributed by atoms with E-state index in [1.807, 2.05) is 6.92 Å². The molecule has 13 N–H and O–H groups in total. The molecule has 2 aromatic heterocycles. The zero-order valence-electron chi connectivity index (χ0n) is 38.2. The van der Waals surface area contributed by atoms with Gasteiger partial charge < -0.3 is 56.0 Å². The number of nitrogens with one attached hydrogen (secondary N) is 4. The van der Waals surface area contributed by atoms with E-state index in [9.17, 15) is 63.6 Å². The van der Waals surface area contributed by atoms with Gasteiger partial charge in [0.05, 0.1) is 42.8 Å². The van der Waals surface area contributed by atoms with Crippen LogP contribution in [-0.4, -0.2) is 158 Å². The van der Waals surface area contributed by atoms with Gasteiger partial charge in [0.25, 0.3) is 11.8 Å². The molecule has 29 nitrogen and oxygen atoms in total. The van der Waals surface area contributed by atoms with E-state index in [2.05, 4.69) is 50.3 Å². The highest BCUT2D eigenvalue weighted by Crippen LogP contribution is 2.60. The molecule has 32 heteroatoms. The van der Waals surface area contributed by atoms with Crippen molar-refractivity contribution in [2.24, 2.45) is 4.99 Å². The van der Waals surface area contributed by atoms with Crippen molar-refractivity contribution in [3.05, 3.63) is 71.3 Å². The van der Waals surface area contributed by atoms with Gasteiger partial charge in [-0.2, -0.15) is 9.30 Å². The second-order valence-corrected chi connectivity index (χ2v) is 21.4. The number of phosphoric ester groups is 2. The molecule has 6 heterocycles. The Morgan fingerprint density at radius 2 is 1.65 bits per heavy atom. The minimum Gasteiger partial charge on any atom is -0.388 e. The van der Waals surface area contributed by atoms with Crippen LogP contribution in [0.1, 0.15) is 46.6 Å². The number of benzene rings is 2. The number of urea groups is 1. The molecule has 5 amide bonds. The SMILES string of the molecule is Cc1cc2c(cc1C)N(C(=O)CCc1ccc(C(=O)NC3NNC(C)S3)cc1)[C@@H]1C(=O)NC(=O)N=C1N2C[C@H](O)[C@H](O)[C@H](O)COP(=O)(O)OP(=O)(O)OC[C@H]1O[C@@H](n2cnc3c(N)ncnc32)[C@H](O)[C@@H]1O. The molecule has 2 fully saturated rings. The van der Waals surface area contributed by atoms with Gasteiger partial charge in [-0.05, 0) is 68.1 Å². The molecule has 4 aliphatic heterocycles. The van der Waals surface area contributed by atoms with Crippen molar-refractivity contribution in [1.82, 2.24) is 41.0 Å². The zero-order chi connectivity index (χ0) is 52.0. The number of carbonyl (C=O) groups is 4. The lowest BCUT2D eigenvalue weighted by atomic mass is 9.97. The average Bonchev–Trinajstić information content (AvgIpc) is 4.03. The summed E-state index contributed by atoms with van der Waals surface area (Å²) < 4.78 is 46.1. The van der Waals surface area contributed by atoms with Crippen molar-refractivity contribution >= 4 is 85.4 Å². The first-order valence-electron chi connectivity index (χ1n) is 21.9. The van der Waals surface area contributed by atoms with Crippen LogP contribution in [0, 0.1) is 13.8 Å². The second-order valence-electron chi connectivity index (χ2n) is 16.9. The monoisotopic (exact) mass is 1060 g/mol. The molecule has 0 saturated carbocycles. The Kier molecular flexibility index (Phi) is 15.6. The minimum atomic E-state index is -5.64. The number of hydrogen-bond acceptors (Lipinski definition) is 23. The first-order chi connectivity index (χ1) is 34.0. The van der Waals surface area contributed by atoms with E-state index < -0.39 is 102 Å². The predicted octanol–water partition coefficient (Wildman–Crippen LogP) is -1.32. The maximum Gasteiger partial charge on any atom is 0.481 e. The number of aryl methyl sites for hydroxylation is 3. The van der Waals surface area contributed by atoms with Crippen molar-refractivity contribution < 1.29 is 81.7 Å². The van der Waals surface area contributed by atoms with Gasteiger partial charge in [0.2, 0.25) is 5.91 Å². The van der Waals surface area contributed by atoms with Gasteiger partial charge in [-0.15, -0.1) is 11.8 Å². The Morgan fingerprint density at radius 3 is 2.35 bits per heavy atom. The quantitative estimate of drug-likeness (QED) is 0.0514. The van der Waals surface area contributed by atoms with Crippen molar-refractivity contribution in [1.29, 1.82) is 0 Å². The normalized spacial score (nSPS) is 26.0. The standard InChI is InChI=1S/C40H50N12O17P2S/c1-17-10-22-23(11-18(17)2)52(27(55)9-6-20-4-7-21(8-5-20)36(59)47-40-49-48-19(3)72-40)29-35(45-39(61)46-37(29)60)50(22)12-24(53)30(56)25(54)13-66-70(62,63)69-71(64,65)67-14-26-31(57)32(58)38(68-26)51-16-44-28-33(41)42-15-43-34(28)51/h4-5,7-8,10-11,15-16,19,24-26,29-32,38,40,48-49,53-54,56-58H,6,9,12-14H2,1-3H3,(H,47,59)(H,62,63)(H,64,65)(H2,41,42,43)(H,46,60,61)/t19?,24-,25+,26+,29-,30-,31+,32+,38+,40?/m0/s1. The number of thioether (sulfide) groups is 1. The summed E-state index contributed by atoms with van der Waals surface area (Å²) in [7, 11) is -11.2. The number of aliphatic imine (C=N–C) groups is 1. The van der Waals surface area contributed by atoms with E-state index >= 15 is 0 Å². The highest BCUT2D eigenvalue weighted by molar-refractivity contribution is 8.00. The van der Waals surface area contributed by atoms with Gasteiger partial charge in [0.15, 0.2) is 23.7 Å². The molecule has 8 rings (SSSR count). The van der Waals surface area contributed by atoms with E-state index in [4.69, 9.17) is 15.0 Å². The summed E-state index contributed by atoms with van der Waals surface area (Å²) in [5, 5.41) is 59.5.